The fourth-order valence-electron chi connectivity index (χ4n) is 1.80. The molecule has 0 heterocycles. The summed E-state index contributed by atoms with van der Waals surface area (Å²) >= 11 is 5.82. The van der Waals surface area contributed by atoms with Gasteiger partial charge in [0.05, 0.1) is 10.6 Å². The van der Waals surface area contributed by atoms with Crippen molar-refractivity contribution in [1.82, 2.24) is 0 Å². The molecule has 2 aromatic carbocycles. The summed E-state index contributed by atoms with van der Waals surface area (Å²) in [6.07, 6.45) is -4.49. The number of halogens is 4. The van der Waals surface area contributed by atoms with Crippen LogP contribution < -0.4 is 9.47 Å². The number of ether oxygens (including phenoxy) is 2. The quantitative estimate of drug-likeness (QED) is 0.762. The van der Waals surface area contributed by atoms with E-state index in [0.717, 1.165) is 18.2 Å². The van der Waals surface area contributed by atoms with Crippen LogP contribution in [0.1, 0.15) is 19.4 Å². The van der Waals surface area contributed by atoms with E-state index in [4.69, 9.17) is 26.2 Å². The van der Waals surface area contributed by atoms with E-state index < -0.39 is 23.3 Å². The predicted octanol–water partition coefficient (Wildman–Crippen LogP) is 5.39. The van der Waals surface area contributed by atoms with Gasteiger partial charge in [0.25, 0.3) is 0 Å². The lowest BCUT2D eigenvalue weighted by atomic mass is 10.1. The molecule has 0 aromatic heterocycles. The zero-order valence-electron chi connectivity index (χ0n) is 13.2. The molecule has 8 heteroatoms. The second kappa shape index (κ2) is 6.84. The van der Waals surface area contributed by atoms with Crippen molar-refractivity contribution < 1.29 is 32.5 Å². The zero-order valence-corrected chi connectivity index (χ0v) is 14.0. The van der Waals surface area contributed by atoms with Gasteiger partial charge in [-0.2, -0.15) is 13.2 Å². The molecule has 4 nitrogen and oxygen atoms in total. The lowest BCUT2D eigenvalue weighted by Crippen LogP contribution is -2.37. The molecule has 0 aliphatic heterocycles. The van der Waals surface area contributed by atoms with Crippen LogP contribution in [0.25, 0.3) is 0 Å². The Morgan fingerprint density at radius 2 is 1.60 bits per heavy atom. The van der Waals surface area contributed by atoms with Crippen molar-refractivity contribution in [2.45, 2.75) is 25.6 Å². The first kappa shape index (κ1) is 18.9. The van der Waals surface area contributed by atoms with Crippen LogP contribution in [0.3, 0.4) is 0 Å². The van der Waals surface area contributed by atoms with Gasteiger partial charge < -0.3 is 14.6 Å². The van der Waals surface area contributed by atoms with Gasteiger partial charge in [0.15, 0.2) is 5.60 Å². The number of carboxylic acid groups (broad SMARTS) is 1. The Balaban J connectivity index is 2.13. The van der Waals surface area contributed by atoms with Crippen molar-refractivity contribution >= 4 is 17.6 Å². The molecule has 2 aromatic rings. The number of aliphatic carboxylic acids is 1. The zero-order chi connectivity index (χ0) is 18.8. The maximum atomic E-state index is 12.6. The molecule has 0 aliphatic carbocycles. The summed E-state index contributed by atoms with van der Waals surface area (Å²) < 4.78 is 48.6. The van der Waals surface area contributed by atoms with E-state index >= 15 is 0 Å². The molecule has 0 radical (unpaired) electrons. The Morgan fingerprint density at radius 1 is 1.04 bits per heavy atom. The molecule has 0 aliphatic rings. The van der Waals surface area contributed by atoms with Crippen LogP contribution in [-0.4, -0.2) is 16.7 Å². The van der Waals surface area contributed by atoms with Crippen LogP contribution in [-0.2, 0) is 11.0 Å². The van der Waals surface area contributed by atoms with Gasteiger partial charge in [0, 0.05) is 0 Å². The third kappa shape index (κ3) is 4.79. The summed E-state index contributed by atoms with van der Waals surface area (Å²) in [6.45, 7) is 2.81. The molecule has 25 heavy (non-hydrogen) atoms. The molecule has 2 rings (SSSR count). The third-order valence-electron chi connectivity index (χ3n) is 3.20. The molecule has 1 N–H and O–H groups in total. The Hall–Kier alpha value is -2.41. The monoisotopic (exact) mass is 374 g/mol. The summed E-state index contributed by atoms with van der Waals surface area (Å²) in [5.74, 6) is -0.445. The number of benzene rings is 2. The van der Waals surface area contributed by atoms with Crippen molar-refractivity contribution in [1.29, 1.82) is 0 Å². The summed E-state index contributed by atoms with van der Waals surface area (Å²) in [4.78, 5) is 11.0. The minimum Gasteiger partial charge on any atom is -0.478 e. The van der Waals surface area contributed by atoms with Crippen LogP contribution in [0.15, 0.2) is 42.5 Å². The number of carboxylic acids is 1. The van der Waals surface area contributed by atoms with Crippen molar-refractivity contribution in [3.05, 3.63) is 53.1 Å². The fraction of sp³-hybridized carbons (Fsp3) is 0.235. The molecular formula is C17H14ClF3O4. The number of alkyl halides is 3. The predicted molar refractivity (Wildman–Crippen MR) is 85.3 cm³/mol. The topological polar surface area (TPSA) is 55.8 Å². The molecule has 0 fully saturated rings. The number of hydrogen-bond donors (Lipinski definition) is 1. The smallest absolute Gasteiger partial charge is 0.416 e. The minimum absolute atomic E-state index is 0.0641. The maximum Gasteiger partial charge on any atom is 0.416 e. The highest BCUT2D eigenvalue weighted by Gasteiger charge is 2.31. The van der Waals surface area contributed by atoms with Crippen LogP contribution >= 0.6 is 11.6 Å². The molecule has 0 unspecified atom stereocenters. The van der Waals surface area contributed by atoms with Gasteiger partial charge in [-0.3, -0.25) is 0 Å². The fourth-order valence-corrected chi connectivity index (χ4v) is 2.02. The molecule has 0 saturated heterocycles. The average Bonchev–Trinajstić information content (AvgIpc) is 2.49. The SMILES string of the molecule is CC(C)(Oc1ccc(Oc2ccc(C(F)(F)F)cc2Cl)cc1)C(=O)O. The van der Waals surface area contributed by atoms with Gasteiger partial charge >= 0.3 is 12.1 Å². The van der Waals surface area contributed by atoms with Gasteiger partial charge in [-0.1, -0.05) is 11.6 Å². The highest BCUT2D eigenvalue weighted by molar-refractivity contribution is 6.32. The number of hydrogen-bond acceptors (Lipinski definition) is 3. The van der Waals surface area contributed by atoms with E-state index in [9.17, 15) is 18.0 Å². The highest BCUT2D eigenvalue weighted by Crippen LogP contribution is 2.36. The molecule has 0 saturated carbocycles. The van der Waals surface area contributed by atoms with Gasteiger partial charge in [0.2, 0.25) is 0 Å². The van der Waals surface area contributed by atoms with Crippen LogP contribution in [0, 0.1) is 0 Å². The summed E-state index contributed by atoms with van der Waals surface area (Å²) in [5, 5.41) is 8.84. The Bertz CT molecular complexity index is 770. The maximum absolute atomic E-state index is 12.6. The third-order valence-corrected chi connectivity index (χ3v) is 3.49. The first-order valence-corrected chi connectivity index (χ1v) is 7.44. The molecule has 0 bridgehead atoms. The van der Waals surface area contributed by atoms with Gasteiger partial charge in [-0.25, -0.2) is 4.79 Å². The Kier molecular flexibility index (Phi) is 5.17. The van der Waals surface area contributed by atoms with E-state index in [1.54, 1.807) is 0 Å². The first-order valence-electron chi connectivity index (χ1n) is 7.06. The molecule has 0 amide bonds. The second-order valence-corrected chi connectivity index (χ2v) is 6.04. The molecule has 0 atom stereocenters. The number of rotatable bonds is 5. The van der Waals surface area contributed by atoms with E-state index in [1.165, 1.54) is 38.1 Å². The van der Waals surface area contributed by atoms with Crippen molar-refractivity contribution in [3.63, 3.8) is 0 Å². The average molecular weight is 375 g/mol. The van der Waals surface area contributed by atoms with Crippen LogP contribution in [0.5, 0.6) is 17.2 Å². The lowest BCUT2D eigenvalue weighted by Gasteiger charge is -2.21. The summed E-state index contributed by atoms with van der Waals surface area (Å²) in [5.41, 5.74) is -2.27. The first-order chi connectivity index (χ1) is 11.5. The van der Waals surface area contributed by atoms with Crippen molar-refractivity contribution in [2.24, 2.45) is 0 Å². The van der Waals surface area contributed by atoms with Gasteiger partial charge in [-0.05, 0) is 56.3 Å². The number of carbonyl (C=O) groups is 1. The standard InChI is InChI=1S/C17H14ClF3O4/c1-16(2,15(22)23)25-12-6-4-11(5-7-12)24-14-8-3-10(9-13(14)18)17(19,20)21/h3-9H,1-2H3,(H,22,23). The Morgan fingerprint density at radius 3 is 2.08 bits per heavy atom. The van der Waals surface area contributed by atoms with E-state index in [2.05, 4.69) is 0 Å². The van der Waals surface area contributed by atoms with E-state index in [-0.39, 0.29) is 10.8 Å². The molecule has 134 valence electrons. The van der Waals surface area contributed by atoms with Crippen LogP contribution in [0.4, 0.5) is 13.2 Å². The van der Waals surface area contributed by atoms with E-state index in [1.807, 2.05) is 0 Å². The Labute approximate surface area is 146 Å². The largest absolute Gasteiger partial charge is 0.478 e. The normalized spacial score (nSPS) is 11.9. The summed E-state index contributed by atoms with van der Waals surface area (Å²) in [7, 11) is 0. The molecule has 0 spiro atoms. The lowest BCUT2D eigenvalue weighted by molar-refractivity contribution is -0.152. The van der Waals surface area contributed by atoms with Gasteiger partial charge in [-0.15, -0.1) is 0 Å². The van der Waals surface area contributed by atoms with Crippen molar-refractivity contribution in [2.75, 3.05) is 0 Å². The van der Waals surface area contributed by atoms with E-state index in [0.29, 0.717) is 11.5 Å². The second-order valence-electron chi connectivity index (χ2n) is 5.63. The van der Waals surface area contributed by atoms with Crippen molar-refractivity contribution in [3.8, 4) is 17.2 Å². The highest BCUT2D eigenvalue weighted by atomic mass is 35.5. The van der Waals surface area contributed by atoms with Crippen LogP contribution in [0.2, 0.25) is 5.02 Å². The minimum atomic E-state index is -4.49. The van der Waals surface area contributed by atoms with Gasteiger partial charge in [0.1, 0.15) is 17.2 Å². The summed E-state index contributed by atoms with van der Waals surface area (Å²) in [6, 6.07) is 8.72. The molecular weight excluding hydrogens is 361 g/mol.